The molecule has 0 radical (unpaired) electrons. The first-order valence-corrected chi connectivity index (χ1v) is 7.41. The monoisotopic (exact) mass is 289 g/mol. The van der Waals surface area contributed by atoms with Crippen LogP contribution in [0.5, 0.6) is 0 Å². The number of carbonyl (C=O) groups excluding carboxylic acids is 1. The smallest absolute Gasteiger partial charge is 0.407 e. The first-order valence-electron chi connectivity index (χ1n) is 7.41. The molecule has 0 spiro atoms. The van der Waals surface area contributed by atoms with Crippen LogP contribution in [0, 0.1) is 5.41 Å². The van der Waals surface area contributed by atoms with Crippen molar-refractivity contribution in [3.8, 4) is 0 Å². The first-order chi connectivity index (χ1) is 9.14. The number of carbonyl (C=O) groups is 1. The molecule has 0 heterocycles. The van der Waals surface area contributed by atoms with E-state index in [4.69, 9.17) is 9.47 Å². The summed E-state index contributed by atoms with van der Waals surface area (Å²) in [7, 11) is 0. The lowest BCUT2D eigenvalue weighted by Gasteiger charge is -2.34. The Morgan fingerprint density at radius 1 is 1.20 bits per heavy atom. The van der Waals surface area contributed by atoms with Crippen LogP contribution >= 0.6 is 0 Å². The second-order valence-corrected chi connectivity index (χ2v) is 6.39. The molecule has 2 N–H and O–H groups in total. The fourth-order valence-electron chi connectivity index (χ4n) is 2.07. The Hall–Kier alpha value is -0.810. The van der Waals surface area contributed by atoms with Gasteiger partial charge in [0, 0.05) is 18.6 Å². The van der Waals surface area contributed by atoms with E-state index in [1.54, 1.807) is 0 Å². The molecule has 1 amide bonds. The van der Waals surface area contributed by atoms with Crippen molar-refractivity contribution in [3.63, 3.8) is 0 Å². The van der Waals surface area contributed by atoms with E-state index in [9.17, 15) is 9.90 Å². The summed E-state index contributed by atoms with van der Waals surface area (Å²) in [5, 5.41) is 12.8. The van der Waals surface area contributed by atoms with Gasteiger partial charge < -0.3 is 19.9 Å². The number of aliphatic hydroxyl groups is 1. The molecule has 0 aliphatic rings. The Balaban J connectivity index is 4.31. The molecule has 2 atom stereocenters. The van der Waals surface area contributed by atoms with Gasteiger partial charge in [-0.05, 0) is 40.5 Å². The number of alkyl carbamates (subject to hydrolysis) is 1. The highest BCUT2D eigenvalue weighted by Crippen LogP contribution is 2.32. The van der Waals surface area contributed by atoms with E-state index in [1.807, 2.05) is 34.6 Å². The van der Waals surface area contributed by atoms with Crippen molar-refractivity contribution in [1.82, 2.24) is 5.32 Å². The van der Waals surface area contributed by atoms with E-state index >= 15 is 0 Å². The highest BCUT2D eigenvalue weighted by atomic mass is 16.6. The Kier molecular flexibility index (Phi) is 8.13. The molecule has 0 aromatic carbocycles. The minimum atomic E-state index is -0.812. The van der Waals surface area contributed by atoms with Gasteiger partial charge in [-0.1, -0.05) is 20.3 Å². The summed E-state index contributed by atoms with van der Waals surface area (Å²) in [6, 6.07) is 0. The lowest BCUT2D eigenvalue weighted by molar-refractivity contribution is -0.171. The molecule has 0 aliphatic carbocycles. The van der Waals surface area contributed by atoms with Crippen LogP contribution in [-0.2, 0) is 9.47 Å². The van der Waals surface area contributed by atoms with Crippen LogP contribution in [-0.4, -0.2) is 36.2 Å². The van der Waals surface area contributed by atoms with E-state index in [0.29, 0.717) is 19.6 Å². The molecule has 0 aromatic heterocycles. The van der Waals surface area contributed by atoms with Gasteiger partial charge in [0.1, 0.15) is 5.60 Å². The molecular formula is C15H31NO4. The number of aliphatic hydroxyl groups excluding tert-OH is 1. The topological polar surface area (TPSA) is 67.8 Å². The maximum atomic E-state index is 11.6. The highest BCUT2D eigenvalue weighted by Gasteiger charge is 2.32. The maximum absolute atomic E-state index is 11.6. The molecule has 5 heteroatoms. The molecule has 1 unspecified atom stereocenters. The van der Waals surface area contributed by atoms with Crippen LogP contribution in [0.25, 0.3) is 0 Å². The third-order valence-electron chi connectivity index (χ3n) is 3.11. The quantitative estimate of drug-likeness (QED) is 0.674. The molecular weight excluding hydrogens is 258 g/mol. The second kappa shape index (κ2) is 8.47. The third kappa shape index (κ3) is 7.70. The van der Waals surface area contributed by atoms with Gasteiger partial charge in [0.2, 0.25) is 0 Å². The zero-order chi connectivity index (χ0) is 15.8. The zero-order valence-corrected chi connectivity index (χ0v) is 13.8. The van der Waals surface area contributed by atoms with Crippen LogP contribution in [0.1, 0.15) is 60.8 Å². The van der Waals surface area contributed by atoms with Gasteiger partial charge in [-0.15, -0.1) is 0 Å². The number of amides is 1. The normalized spacial score (nSPS) is 16.4. The van der Waals surface area contributed by atoms with Crippen molar-refractivity contribution in [2.75, 3.05) is 13.2 Å². The Labute approximate surface area is 123 Å². The predicted molar refractivity (Wildman–Crippen MR) is 79.5 cm³/mol. The average Bonchev–Trinajstić information content (AvgIpc) is 2.27. The summed E-state index contributed by atoms with van der Waals surface area (Å²) in [5.74, 6) is 0. The molecule has 0 rings (SSSR count). The van der Waals surface area contributed by atoms with Crippen molar-refractivity contribution in [1.29, 1.82) is 0 Å². The predicted octanol–water partition coefficient (Wildman–Crippen LogP) is 3.06. The average molecular weight is 289 g/mol. The zero-order valence-electron chi connectivity index (χ0n) is 13.8. The lowest BCUT2D eigenvalue weighted by atomic mass is 9.81. The molecule has 5 nitrogen and oxygen atoms in total. The van der Waals surface area contributed by atoms with Crippen molar-refractivity contribution >= 4 is 6.09 Å². The van der Waals surface area contributed by atoms with Crippen molar-refractivity contribution in [2.45, 2.75) is 72.7 Å². The highest BCUT2D eigenvalue weighted by molar-refractivity contribution is 5.67. The molecule has 20 heavy (non-hydrogen) atoms. The number of ether oxygens (including phenoxy) is 2. The fraction of sp³-hybridized carbons (Fsp3) is 0.933. The van der Waals surface area contributed by atoms with Crippen molar-refractivity contribution in [2.24, 2.45) is 5.41 Å². The number of nitrogens with one attached hydrogen (secondary N) is 1. The molecule has 0 aromatic rings. The van der Waals surface area contributed by atoms with Gasteiger partial charge >= 0.3 is 6.09 Å². The minimum absolute atomic E-state index is 0.361. The van der Waals surface area contributed by atoms with Gasteiger partial charge in [-0.2, -0.15) is 0 Å². The summed E-state index contributed by atoms with van der Waals surface area (Å²) < 4.78 is 10.5. The maximum Gasteiger partial charge on any atom is 0.407 e. The summed E-state index contributed by atoms with van der Waals surface area (Å²) in [4.78, 5) is 11.6. The summed E-state index contributed by atoms with van der Waals surface area (Å²) >= 11 is 0. The minimum Gasteiger partial charge on any atom is -0.444 e. The van der Waals surface area contributed by atoms with Gasteiger partial charge in [0.15, 0.2) is 6.29 Å². The lowest BCUT2D eigenvalue weighted by Crippen LogP contribution is -2.39. The van der Waals surface area contributed by atoms with E-state index < -0.39 is 18.0 Å². The number of rotatable bonds is 8. The van der Waals surface area contributed by atoms with E-state index in [1.165, 1.54) is 0 Å². The largest absolute Gasteiger partial charge is 0.444 e. The van der Waals surface area contributed by atoms with Gasteiger partial charge in [0.05, 0.1) is 0 Å². The van der Waals surface area contributed by atoms with Crippen molar-refractivity contribution in [3.05, 3.63) is 0 Å². The van der Waals surface area contributed by atoms with Crippen LogP contribution in [0.2, 0.25) is 0 Å². The summed E-state index contributed by atoms with van der Waals surface area (Å²) in [5.41, 5.74) is -0.860. The van der Waals surface area contributed by atoms with Crippen molar-refractivity contribution < 1.29 is 19.4 Å². The standard InChI is InChI=1S/C15H31NO4/c1-7-9-15(6,12(17)19-8-2)10-11-16-13(18)20-14(3,4)5/h12,17H,7-11H2,1-6H3,(H,16,18)/t12-,15?/m1/s1. The summed E-state index contributed by atoms with van der Waals surface area (Å²) in [6.45, 7) is 12.3. The number of hydrogen-bond donors (Lipinski definition) is 2. The van der Waals surface area contributed by atoms with Crippen LogP contribution in [0.4, 0.5) is 4.79 Å². The molecule has 120 valence electrons. The molecule has 0 saturated heterocycles. The molecule has 0 aliphatic heterocycles. The van der Waals surface area contributed by atoms with E-state index in [-0.39, 0.29) is 5.41 Å². The van der Waals surface area contributed by atoms with Gasteiger partial charge in [-0.3, -0.25) is 0 Å². The SMILES string of the molecule is CCCC(C)(CCNC(=O)OC(C)(C)C)[C@H](O)OCC. The molecule has 0 saturated carbocycles. The van der Waals surface area contributed by atoms with Gasteiger partial charge in [0.25, 0.3) is 0 Å². The Morgan fingerprint density at radius 2 is 1.80 bits per heavy atom. The number of hydrogen-bond acceptors (Lipinski definition) is 4. The third-order valence-corrected chi connectivity index (χ3v) is 3.11. The van der Waals surface area contributed by atoms with E-state index in [0.717, 1.165) is 12.8 Å². The second-order valence-electron chi connectivity index (χ2n) is 6.39. The van der Waals surface area contributed by atoms with Crippen LogP contribution in [0.3, 0.4) is 0 Å². The Bertz CT molecular complexity index is 288. The summed E-state index contributed by atoms with van der Waals surface area (Å²) in [6.07, 6.45) is 1.19. The Morgan fingerprint density at radius 3 is 2.25 bits per heavy atom. The van der Waals surface area contributed by atoms with Gasteiger partial charge in [-0.25, -0.2) is 4.79 Å². The molecule has 0 bridgehead atoms. The fourth-order valence-corrected chi connectivity index (χ4v) is 2.07. The van der Waals surface area contributed by atoms with E-state index in [2.05, 4.69) is 12.2 Å². The molecule has 0 fully saturated rings. The van der Waals surface area contributed by atoms with Crippen LogP contribution < -0.4 is 5.32 Å². The van der Waals surface area contributed by atoms with Crippen LogP contribution in [0.15, 0.2) is 0 Å². The first kappa shape index (κ1) is 19.2.